The zero-order valence-electron chi connectivity index (χ0n) is 13.1. The molecule has 0 unspecified atom stereocenters. The van der Waals surface area contributed by atoms with Crippen molar-refractivity contribution in [3.63, 3.8) is 0 Å². The molecule has 0 saturated carbocycles. The van der Waals surface area contributed by atoms with E-state index in [2.05, 4.69) is 39.1 Å². The van der Waals surface area contributed by atoms with Gasteiger partial charge in [0.1, 0.15) is 0 Å². The molecule has 0 aromatic heterocycles. The van der Waals surface area contributed by atoms with E-state index in [0.717, 1.165) is 37.3 Å². The van der Waals surface area contributed by atoms with Crippen molar-refractivity contribution in [3.05, 3.63) is 29.3 Å². The topological polar surface area (TPSA) is 32.3 Å². The van der Waals surface area contributed by atoms with Gasteiger partial charge in [0.05, 0.1) is 5.56 Å². The van der Waals surface area contributed by atoms with Gasteiger partial charge in [0.15, 0.2) is 0 Å². The number of nitrogens with one attached hydrogen (secondary N) is 1. The Balaban J connectivity index is 2.24. The van der Waals surface area contributed by atoms with Crippen LogP contribution in [0.5, 0.6) is 0 Å². The van der Waals surface area contributed by atoms with Crippen LogP contribution in [-0.4, -0.2) is 30.4 Å². The summed E-state index contributed by atoms with van der Waals surface area (Å²) in [6, 6.07) is 6.03. The van der Waals surface area contributed by atoms with Gasteiger partial charge >= 0.3 is 0 Å². The summed E-state index contributed by atoms with van der Waals surface area (Å²) in [6.07, 6.45) is 2.30. The highest BCUT2D eigenvalue weighted by molar-refractivity contribution is 5.99. The van der Waals surface area contributed by atoms with Gasteiger partial charge in [-0.2, -0.15) is 0 Å². The maximum absolute atomic E-state index is 12.8. The monoisotopic (exact) mass is 274 g/mol. The zero-order chi connectivity index (χ0) is 14.8. The van der Waals surface area contributed by atoms with E-state index in [9.17, 15) is 4.79 Å². The number of rotatable bonds is 3. The highest BCUT2D eigenvalue weighted by Crippen LogP contribution is 2.30. The van der Waals surface area contributed by atoms with Crippen molar-refractivity contribution < 1.29 is 4.79 Å². The number of hydrogen-bond acceptors (Lipinski definition) is 2. The number of anilines is 1. The Morgan fingerprint density at radius 2 is 2.15 bits per heavy atom. The molecule has 0 radical (unpaired) electrons. The first-order valence-corrected chi connectivity index (χ1v) is 7.57. The third-order valence-corrected chi connectivity index (χ3v) is 3.96. The SMILES string of the molecule is CCNc1cc(C)ccc1C(=O)N1CCCC(C)(C)C1. The molecule has 1 aromatic carbocycles. The van der Waals surface area contributed by atoms with E-state index in [0.29, 0.717) is 0 Å². The van der Waals surface area contributed by atoms with E-state index >= 15 is 0 Å². The van der Waals surface area contributed by atoms with Gasteiger partial charge in [-0.05, 0) is 49.8 Å². The number of aryl methyl sites for hydroxylation is 1. The van der Waals surface area contributed by atoms with Gasteiger partial charge in [-0.1, -0.05) is 19.9 Å². The number of amides is 1. The van der Waals surface area contributed by atoms with Crippen molar-refractivity contribution in [2.45, 2.75) is 40.5 Å². The predicted octanol–water partition coefficient (Wildman–Crippen LogP) is 3.69. The normalized spacial score (nSPS) is 17.9. The molecule has 0 spiro atoms. The second-order valence-corrected chi connectivity index (χ2v) is 6.57. The van der Waals surface area contributed by atoms with Crippen LogP contribution in [0.3, 0.4) is 0 Å². The fourth-order valence-electron chi connectivity index (χ4n) is 2.95. The summed E-state index contributed by atoms with van der Waals surface area (Å²) >= 11 is 0. The number of likely N-dealkylation sites (tertiary alicyclic amines) is 1. The van der Waals surface area contributed by atoms with E-state index in [1.807, 2.05) is 17.0 Å². The van der Waals surface area contributed by atoms with Crippen LogP contribution in [0.15, 0.2) is 18.2 Å². The number of carbonyl (C=O) groups excluding carboxylic acids is 1. The standard InChI is InChI=1S/C17H26N2O/c1-5-18-15-11-13(2)7-8-14(15)16(20)19-10-6-9-17(3,4)12-19/h7-8,11,18H,5-6,9-10,12H2,1-4H3. The van der Waals surface area contributed by atoms with E-state index in [4.69, 9.17) is 0 Å². The van der Waals surface area contributed by atoms with Gasteiger partial charge in [-0.25, -0.2) is 0 Å². The minimum absolute atomic E-state index is 0.161. The summed E-state index contributed by atoms with van der Waals surface area (Å²) in [5.41, 5.74) is 3.17. The highest BCUT2D eigenvalue weighted by Gasteiger charge is 2.30. The van der Waals surface area contributed by atoms with Gasteiger partial charge in [0.2, 0.25) is 0 Å². The molecule has 2 rings (SSSR count). The predicted molar refractivity (Wildman–Crippen MR) is 84.3 cm³/mol. The van der Waals surface area contributed by atoms with Gasteiger partial charge < -0.3 is 10.2 Å². The fourth-order valence-corrected chi connectivity index (χ4v) is 2.95. The lowest BCUT2D eigenvalue weighted by Gasteiger charge is -2.38. The lowest BCUT2D eigenvalue weighted by atomic mass is 9.84. The van der Waals surface area contributed by atoms with Gasteiger partial charge in [0.25, 0.3) is 5.91 Å². The molecule has 1 amide bonds. The third-order valence-electron chi connectivity index (χ3n) is 3.96. The van der Waals surface area contributed by atoms with Crippen LogP contribution in [0.1, 0.15) is 49.5 Å². The molecule has 1 fully saturated rings. The smallest absolute Gasteiger partial charge is 0.255 e. The molecule has 1 N–H and O–H groups in total. The van der Waals surface area contributed by atoms with Gasteiger partial charge in [-0.3, -0.25) is 4.79 Å². The van der Waals surface area contributed by atoms with Crippen molar-refractivity contribution in [2.24, 2.45) is 5.41 Å². The average Bonchev–Trinajstić information content (AvgIpc) is 2.37. The van der Waals surface area contributed by atoms with Crippen LogP contribution in [0.4, 0.5) is 5.69 Å². The Morgan fingerprint density at radius 1 is 1.40 bits per heavy atom. The van der Waals surface area contributed by atoms with E-state index in [1.54, 1.807) is 0 Å². The fraction of sp³-hybridized carbons (Fsp3) is 0.588. The maximum Gasteiger partial charge on any atom is 0.255 e. The van der Waals surface area contributed by atoms with Crippen LogP contribution in [0.25, 0.3) is 0 Å². The van der Waals surface area contributed by atoms with Crippen molar-refractivity contribution in [3.8, 4) is 0 Å². The first-order chi connectivity index (χ1) is 9.43. The van der Waals surface area contributed by atoms with Crippen LogP contribution < -0.4 is 5.32 Å². The Labute approximate surface area is 122 Å². The number of nitrogens with zero attached hydrogens (tertiary/aromatic N) is 1. The Kier molecular flexibility index (Phi) is 4.36. The number of piperidine rings is 1. The summed E-state index contributed by atoms with van der Waals surface area (Å²) in [5.74, 6) is 0.161. The van der Waals surface area contributed by atoms with Gasteiger partial charge in [0, 0.05) is 25.3 Å². The van der Waals surface area contributed by atoms with Crippen LogP contribution in [0, 0.1) is 12.3 Å². The van der Waals surface area contributed by atoms with E-state index in [1.165, 1.54) is 12.0 Å². The molecule has 0 atom stereocenters. The van der Waals surface area contributed by atoms with Crippen molar-refractivity contribution in [1.82, 2.24) is 4.90 Å². The summed E-state index contributed by atoms with van der Waals surface area (Å²) < 4.78 is 0. The quantitative estimate of drug-likeness (QED) is 0.911. The molecule has 1 aliphatic heterocycles. The third kappa shape index (κ3) is 3.33. The zero-order valence-corrected chi connectivity index (χ0v) is 13.1. The minimum atomic E-state index is 0.161. The summed E-state index contributed by atoms with van der Waals surface area (Å²) in [7, 11) is 0. The lowest BCUT2D eigenvalue weighted by Crippen LogP contribution is -2.43. The van der Waals surface area contributed by atoms with Crippen LogP contribution >= 0.6 is 0 Å². The average molecular weight is 274 g/mol. The van der Waals surface area contributed by atoms with Gasteiger partial charge in [-0.15, -0.1) is 0 Å². The number of hydrogen-bond donors (Lipinski definition) is 1. The van der Waals surface area contributed by atoms with Crippen molar-refractivity contribution >= 4 is 11.6 Å². The molecule has 0 bridgehead atoms. The minimum Gasteiger partial charge on any atom is -0.385 e. The summed E-state index contributed by atoms with van der Waals surface area (Å²) in [4.78, 5) is 14.8. The Bertz CT molecular complexity index is 494. The molecular weight excluding hydrogens is 248 g/mol. The molecule has 1 heterocycles. The Hall–Kier alpha value is -1.51. The molecule has 3 nitrogen and oxygen atoms in total. The maximum atomic E-state index is 12.8. The second-order valence-electron chi connectivity index (χ2n) is 6.57. The number of carbonyl (C=O) groups is 1. The second kappa shape index (κ2) is 5.86. The molecule has 1 saturated heterocycles. The molecule has 1 aliphatic rings. The summed E-state index contributed by atoms with van der Waals surface area (Å²) in [6.45, 7) is 11.2. The molecule has 20 heavy (non-hydrogen) atoms. The highest BCUT2D eigenvalue weighted by atomic mass is 16.2. The van der Waals surface area contributed by atoms with Crippen LogP contribution in [-0.2, 0) is 0 Å². The molecule has 1 aromatic rings. The first kappa shape index (κ1) is 14.9. The first-order valence-electron chi connectivity index (χ1n) is 7.57. The van der Waals surface area contributed by atoms with Crippen molar-refractivity contribution in [1.29, 1.82) is 0 Å². The number of benzene rings is 1. The largest absolute Gasteiger partial charge is 0.385 e. The van der Waals surface area contributed by atoms with Crippen LogP contribution in [0.2, 0.25) is 0 Å². The molecule has 0 aliphatic carbocycles. The van der Waals surface area contributed by atoms with E-state index < -0.39 is 0 Å². The molecular formula is C17H26N2O. The van der Waals surface area contributed by atoms with E-state index in [-0.39, 0.29) is 11.3 Å². The molecule has 110 valence electrons. The lowest BCUT2D eigenvalue weighted by molar-refractivity contribution is 0.0584. The van der Waals surface area contributed by atoms with Crippen molar-refractivity contribution in [2.75, 3.05) is 25.0 Å². The molecule has 3 heteroatoms. The Morgan fingerprint density at radius 3 is 2.80 bits per heavy atom. The summed E-state index contributed by atoms with van der Waals surface area (Å²) in [5, 5.41) is 3.31.